The van der Waals surface area contributed by atoms with Crippen LogP contribution in [0.5, 0.6) is 11.5 Å². The number of carbonyl (C=O) groups excluding carboxylic acids is 1. The van der Waals surface area contributed by atoms with Crippen LogP contribution in [0.15, 0.2) is 66.6 Å². The number of ether oxygens (including phenoxy) is 2. The van der Waals surface area contributed by atoms with Crippen LogP contribution in [0.3, 0.4) is 0 Å². The Hall–Kier alpha value is -3.44. The standard InChI is InChI=1S/C24H20N2O3/c1-16-23-18(13-26(15-28-23)14-19-9-5-6-10-25-19)12-20-22(27)21(29-24(16)20)11-17-7-3-2-4-8-17/h2-12H,13-15H2,1H3/b21-11-. The Morgan fingerprint density at radius 1 is 1.10 bits per heavy atom. The van der Waals surface area contributed by atoms with Crippen molar-refractivity contribution in [2.75, 3.05) is 6.73 Å². The van der Waals surface area contributed by atoms with Crippen LogP contribution in [0.25, 0.3) is 6.08 Å². The van der Waals surface area contributed by atoms with E-state index >= 15 is 0 Å². The van der Waals surface area contributed by atoms with E-state index in [1.165, 1.54) is 0 Å². The number of Topliss-reactive ketones (excluding diaryl/α,β-unsaturated/α-hetero) is 1. The summed E-state index contributed by atoms with van der Waals surface area (Å²) in [6.07, 6.45) is 3.58. The Morgan fingerprint density at radius 2 is 1.93 bits per heavy atom. The molecule has 0 amide bonds. The van der Waals surface area contributed by atoms with Crippen molar-refractivity contribution < 1.29 is 14.3 Å². The number of hydrogen-bond donors (Lipinski definition) is 0. The van der Waals surface area contributed by atoms with Gasteiger partial charge in [0.1, 0.15) is 18.2 Å². The first kappa shape index (κ1) is 17.6. The minimum Gasteiger partial charge on any atom is -0.477 e. The fourth-order valence-corrected chi connectivity index (χ4v) is 3.82. The lowest BCUT2D eigenvalue weighted by Gasteiger charge is -2.30. The number of fused-ring (bicyclic) bond motifs is 2. The van der Waals surface area contributed by atoms with Crippen LogP contribution in [0.2, 0.25) is 0 Å². The molecule has 0 N–H and O–H groups in total. The van der Waals surface area contributed by atoms with E-state index in [0.717, 1.165) is 28.1 Å². The summed E-state index contributed by atoms with van der Waals surface area (Å²) in [7, 11) is 0. The van der Waals surface area contributed by atoms with E-state index in [9.17, 15) is 4.79 Å². The van der Waals surface area contributed by atoms with E-state index in [0.29, 0.717) is 36.9 Å². The lowest BCUT2D eigenvalue weighted by atomic mass is 10.00. The smallest absolute Gasteiger partial charge is 0.231 e. The van der Waals surface area contributed by atoms with Gasteiger partial charge >= 0.3 is 0 Å². The third kappa shape index (κ3) is 3.30. The molecule has 0 aliphatic carbocycles. The molecule has 3 aromatic rings. The highest BCUT2D eigenvalue weighted by atomic mass is 16.5. The van der Waals surface area contributed by atoms with Crippen LogP contribution in [-0.4, -0.2) is 22.4 Å². The van der Waals surface area contributed by atoms with E-state index in [4.69, 9.17) is 9.47 Å². The first-order valence-electron chi connectivity index (χ1n) is 9.60. The first-order chi connectivity index (χ1) is 14.2. The summed E-state index contributed by atoms with van der Waals surface area (Å²) in [4.78, 5) is 19.5. The molecule has 1 aromatic heterocycles. The van der Waals surface area contributed by atoms with Gasteiger partial charge in [0.25, 0.3) is 0 Å². The average Bonchev–Trinajstić information content (AvgIpc) is 3.05. The fraction of sp³-hybridized carbons (Fsp3) is 0.167. The fourth-order valence-electron chi connectivity index (χ4n) is 3.82. The molecular formula is C24H20N2O3. The second kappa shape index (κ2) is 7.18. The number of ketones is 1. The summed E-state index contributed by atoms with van der Waals surface area (Å²) in [5.74, 6) is 1.68. The molecule has 0 atom stereocenters. The number of allylic oxidation sites excluding steroid dienone is 1. The summed E-state index contributed by atoms with van der Waals surface area (Å²) >= 11 is 0. The van der Waals surface area contributed by atoms with Crippen LogP contribution in [-0.2, 0) is 13.1 Å². The van der Waals surface area contributed by atoms with Crippen molar-refractivity contribution in [1.29, 1.82) is 0 Å². The topological polar surface area (TPSA) is 51.7 Å². The van der Waals surface area contributed by atoms with Crippen molar-refractivity contribution >= 4 is 11.9 Å². The zero-order chi connectivity index (χ0) is 19.8. The highest BCUT2D eigenvalue weighted by Crippen LogP contribution is 2.43. The van der Waals surface area contributed by atoms with Gasteiger partial charge in [-0.1, -0.05) is 36.4 Å². The van der Waals surface area contributed by atoms with Gasteiger partial charge in [-0.15, -0.1) is 0 Å². The third-order valence-electron chi connectivity index (χ3n) is 5.21. The Bertz CT molecular complexity index is 1110. The third-order valence-corrected chi connectivity index (χ3v) is 5.21. The van der Waals surface area contributed by atoms with Crippen LogP contribution in [0.4, 0.5) is 0 Å². The van der Waals surface area contributed by atoms with Crippen molar-refractivity contribution in [2.45, 2.75) is 20.0 Å². The molecule has 0 radical (unpaired) electrons. The minimum absolute atomic E-state index is 0.0865. The largest absolute Gasteiger partial charge is 0.477 e. The van der Waals surface area contributed by atoms with E-state index < -0.39 is 0 Å². The molecule has 144 valence electrons. The van der Waals surface area contributed by atoms with Crippen LogP contribution in [0, 0.1) is 6.92 Å². The summed E-state index contributed by atoms with van der Waals surface area (Å²) in [6, 6.07) is 17.5. The molecule has 2 aliphatic heterocycles. The SMILES string of the molecule is Cc1c2c(cc3c1O/C(=C\c1ccccc1)C3=O)CN(Cc1ccccn1)CO2. The van der Waals surface area contributed by atoms with Gasteiger partial charge < -0.3 is 9.47 Å². The van der Waals surface area contributed by atoms with Crippen molar-refractivity contribution in [3.8, 4) is 11.5 Å². The predicted octanol–water partition coefficient (Wildman–Crippen LogP) is 4.36. The van der Waals surface area contributed by atoms with Crippen molar-refractivity contribution in [3.63, 3.8) is 0 Å². The van der Waals surface area contributed by atoms with Gasteiger partial charge in [0.05, 0.1) is 11.3 Å². The Kier molecular flexibility index (Phi) is 4.37. The predicted molar refractivity (Wildman–Crippen MR) is 110 cm³/mol. The molecule has 5 nitrogen and oxygen atoms in total. The maximum absolute atomic E-state index is 13.0. The number of aromatic nitrogens is 1. The van der Waals surface area contributed by atoms with Gasteiger partial charge in [-0.2, -0.15) is 0 Å². The number of hydrogen-bond acceptors (Lipinski definition) is 5. The van der Waals surface area contributed by atoms with E-state index in [2.05, 4.69) is 9.88 Å². The van der Waals surface area contributed by atoms with Gasteiger partial charge in [0, 0.05) is 30.4 Å². The lowest BCUT2D eigenvalue weighted by Crippen LogP contribution is -2.32. The molecule has 2 aliphatic rings. The van der Waals surface area contributed by atoms with E-state index in [-0.39, 0.29) is 5.78 Å². The quantitative estimate of drug-likeness (QED) is 0.628. The number of benzene rings is 2. The van der Waals surface area contributed by atoms with Gasteiger partial charge in [-0.25, -0.2) is 0 Å². The number of carbonyl (C=O) groups is 1. The van der Waals surface area contributed by atoms with Gasteiger partial charge in [0.2, 0.25) is 5.78 Å². The summed E-state index contributed by atoms with van der Waals surface area (Å²) < 4.78 is 12.0. The van der Waals surface area contributed by atoms with Crippen molar-refractivity contribution in [1.82, 2.24) is 9.88 Å². The molecule has 5 rings (SSSR count). The Balaban J connectivity index is 1.44. The van der Waals surface area contributed by atoms with Gasteiger partial charge in [-0.05, 0) is 36.8 Å². The summed E-state index contributed by atoms with van der Waals surface area (Å²) in [5.41, 5.74) is 4.40. The minimum atomic E-state index is -0.0865. The van der Waals surface area contributed by atoms with Crippen LogP contribution >= 0.6 is 0 Å². The molecule has 0 spiro atoms. The van der Waals surface area contributed by atoms with E-state index in [1.807, 2.05) is 61.5 Å². The second-order valence-corrected chi connectivity index (χ2v) is 7.30. The molecule has 3 heterocycles. The second-order valence-electron chi connectivity index (χ2n) is 7.30. The lowest BCUT2D eigenvalue weighted by molar-refractivity contribution is 0.0865. The molecule has 0 saturated heterocycles. The zero-order valence-corrected chi connectivity index (χ0v) is 16.1. The first-order valence-corrected chi connectivity index (χ1v) is 9.60. The van der Waals surface area contributed by atoms with Crippen LogP contribution < -0.4 is 9.47 Å². The summed E-state index contributed by atoms with van der Waals surface area (Å²) in [6.45, 7) is 3.82. The molecule has 29 heavy (non-hydrogen) atoms. The molecule has 0 unspecified atom stereocenters. The Morgan fingerprint density at radius 3 is 2.72 bits per heavy atom. The number of rotatable bonds is 3. The maximum Gasteiger partial charge on any atom is 0.231 e. The maximum atomic E-state index is 13.0. The van der Waals surface area contributed by atoms with Crippen molar-refractivity contribution in [3.05, 3.63) is 94.5 Å². The number of nitrogens with zero attached hydrogens (tertiary/aromatic N) is 2. The molecule has 0 saturated carbocycles. The number of pyridine rings is 1. The van der Waals surface area contributed by atoms with Crippen LogP contribution in [0.1, 0.15) is 32.7 Å². The zero-order valence-electron chi connectivity index (χ0n) is 16.1. The molecule has 2 aromatic carbocycles. The normalized spacial score (nSPS) is 16.9. The molecule has 0 bridgehead atoms. The van der Waals surface area contributed by atoms with Gasteiger partial charge in [-0.3, -0.25) is 14.7 Å². The van der Waals surface area contributed by atoms with E-state index in [1.54, 1.807) is 12.3 Å². The Labute approximate surface area is 169 Å². The van der Waals surface area contributed by atoms with Crippen molar-refractivity contribution in [2.24, 2.45) is 0 Å². The molecular weight excluding hydrogens is 364 g/mol. The summed E-state index contributed by atoms with van der Waals surface area (Å²) in [5, 5.41) is 0. The monoisotopic (exact) mass is 384 g/mol. The van der Waals surface area contributed by atoms with Gasteiger partial charge in [0.15, 0.2) is 5.76 Å². The molecule has 0 fully saturated rings. The highest BCUT2D eigenvalue weighted by Gasteiger charge is 2.33. The highest BCUT2D eigenvalue weighted by molar-refractivity contribution is 6.15. The average molecular weight is 384 g/mol. The molecule has 5 heteroatoms.